The minimum Gasteiger partial charge on any atom is -0.375 e. The standard InChI is InChI=1S/C10H18BrNO/c1-8(11)7-12-9-4-5-13-10(2,3)6-9/h9,12H,1,4-7H2,2-3H3. The molecule has 3 heteroatoms. The monoisotopic (exact) mass is 247 g/mol. The molecule has 1 atom stereocenters. The van der Waals surface area contributed by atoms with Crippen LogP contribution in [0.4, 0.5) is 0 Å². The van der Waals surface area contributed by atoms with Gasteiger partial charge in [0.2, 0.25) is 0 Å². The van der Waals surface area contributed by atoms with E-state index in [1.165, 1.54) is 0 Å². The van der Waals surface area contributed by atoms with Crippen molar-refractivity contribution in [2.75, 3.05) is 13.2 Å². The molecular formula is C10H18BrNO. The summed E-state index contributed by atoms with van der Waals surface area (Å²) in [5, 5.41) is 3.45. The topological polar surface area (TPSA) is 21.3 Å². The molecule has 0 aliphatic carbocycles. The van der Waals surface area contributed by atoms with E-state index < -0.39 is 0 Å². The van der Waals surface area contributed by atoms with E-state index in [2.05, 4.69) is 41.7 Å². The second-order valence-corrected chi connectivity index (χ2v) is 5.32. The highest BCUT2D eigenvalue weighted by Crippen LogP contribution is 2.23. The molecule has 1 fully saturated rings. The Kier molecular flexibility index (Phi) is 3.95. The Labute approximate surface area is 88.9 Å². The van der Waals surface area contributed by atoms with E-state index in [0.717, 1.165) is 30.5 Å². The summed E-state index contributed by atoms with van der Waals surface area (Å²) in [6, 6.07) is 0.568. The number of hydrogen-bond acceptors (Lipinski definition) is 2. The fourth-order valence-corrected chi connectivity index (χ4v) is 1.82. The molecule has 0 amide bonds. The van der Waals surface area contributed by atoms with Crippen LogP contribution in [-0.4, -0.2) is 24.8 Å². The summed E-state index contributed by atoms with van der Waals surface area (Å²) in [6.45, 7) is 9.79. The van der Waals surface area contributed by atoms with Crippen molar-refractivity contribution < 1.29 is 4.74 Å². The van der Waals surface area contributed by atoms with Crippen LogP contribution in [0.2, 0.25) is 0 Å². The van der Waals surface area contributed by atoms with Crippen LogP contribution >= 0.6 is 15.9 Å². The molecule has 1 heterocycles. The first kappa shape index (κ1) is 11.2. The molecule has 0 aromatic heterocycles. The highest BCUT2D eigenvalue weighted by atomic mass is 79.9. The fraction of sp³-hybridized carbons (Fsp3) is 0.800. The van der Waals surface area contributed by atoms with E-state index in [1.807, 2.05) is 0 Å². The first-order valence-corrected chi connectivity index (χ1v) is 5.49. The molecule has 0 bridgehead atoms. The van der Waals surface area contributed by atoms with Gasteiger partial charge in [-0.3, -0.25) is 0 Å². The average molecular weight is 248 g/mol. The molecule has 76 valence electrons. The maximum absolute atomic E-state index is 5.63. The van der Waals surface area contributed by atoms with Crippen LogP contribution in [0.1, 0.15) is 26.7 Å². The van der Waals surface area contributed by atoms with Gasteiger partial charge in [-0.05, 0) is 26.7 Å². The quantitative estimate of drug-likeness (QED) is 0.828. The Balaban J connectivity index is 2.30. The lowest BCUT2D eigenvalue weighted by atomic mass is 9.94. The van der Waals surface area contributed by atoms with Crippen molar-refractivity contribution in [3.63, 3.8) is 0 Å². The Morgan fingerprint density at radius 2 is 2.38 bits per heavy atom. The molecule has 0 spiro atoms. The van der Waals surface area contributed by atoms with E-state index in [1.54, 1.807) is 0 Å². The molecule has 13 heavy (non-hydrogen) atoms. The molecule has 0 aromatic rings. The molecular weight excluding hydrogens is 230 g/mol. The molecule has 1 rings (SSSR count). The Bertz CT molecular complexity index is 191. The fourth-order valence-electron chi connectivity index (χ4n) is 1.66. The third-order valence-corrected chi connectivity index (χ3v) is 2.56. The van der Waals surface area contributed by atoms with E-state index in [4.69, 9.17) is 4.74 Å². The van der Waals surface area contributed by atoms with Crippen molar-refractivity contribution in [3.8, 4) is 0 Å². The third-order valence-electron chi connectivity index (χ3n) is 2.28. The van der Waals surface area contributed by atoms with Crippen molar-refractivity contribution in [2.24, 2.45) is 0 Å². The van der Waals surface area contributed by atoms with Crippen LogP contribution in [0, 0.1) is 0 Å². The van der Waals surface area contributed by atoms with Crippen molar-refractivity contribution >= 4 is 15.9 Å². The number of hydrogen-bond donors (Lipinski definition) is 1. The molecule has 0 aromatic carbocycles. The minimum absolute atomic E-state index is 0.0313. The molecule has 1 N–H and O–H groups in total. The number of ether oxygens (including phenoxy) is 1. The van der Waals surface area contributed by atoms with Crippen molar-refractivity contribution in [1.82, 2.24) is 5.32 Å². The average Bonchev–Trinajstić information content (AvgIpc) is 1.99. The van der Waals surface area contributed by atoms with Gasteiger partial charge in [0, 0.05) is 23.7 Å². The lowest BCUT2D eigenvalue weighted by molar-refractivity contribution is -0.0624. The van der Waals surface area contributed by atoms with Gasteiger partial charge in [-0.15, -0.1) is 0 Å². The summed E-state index contributed by atoms with van der Waals surface area (Å²) in [4.78, 5) is 0. The van der Waals surface area contributed by atoms with E-state index >= 15 is 0 Å². The number of halogens is 1. The van der Waals surface area contributed by atoms with Gasteiger partial charge in [-0.2, -0.15) is 0 Å². The van der Waals surface area contributed by atoms with E-state index in [-0.39, 0.29) is 5.60 Å². The molecule has 1 unspecified atom stereocenters. The Morgan fingerprint density at radius 1 is 1.69 bits per heavy atom. The zero-order valence-electron chi connectivity index (χ0n) is 8.40. The van der Waals surface area contributed by atoms with Crippen molar-refractivity contribution in [3.05, 3.63) is 11.1 Å². The smallest absolute Gasteiger partial charge is 0.0641 e. The van der Waals surface area contributed by atoms with Crippen LogP contribution in [-0.2, 0) is 4.74 Å². The van der Waals surface area contributed by atoms with Crippen molar-refractivity contribution in [1.29, 1.82) is 0 Å². The first-order valence-electron chi connectivity index (χ1n) is 4.70. The summed E-state index contributed by atoms with van der Waals surface area (Å²) in [5.74, 6) is 0. The van der Waals surface area contributed by atoms with E-state index in [9.17, 15) is 0 Å². The molecule has 0 radical (unpaired) electrons. The lowest BCUT2D eigenvalue weighted by Crippen LogP contribution is -2.43. The molecule has 2 nitrogen and oxygen atoms in total. The predicted octanol–water partition coefficient (Wildman–Crippen LogP) is 2.44. The first-order chi connectivity index (χ1) is 5.99. The van der Waals surface area contributed by atoms with Gasteiger partial charge in [0.25, 0.3) is 0 Å². The van der Waals surface area contributed by atoms with Crippen LogP contribution in [0.3, 0.4) is 0 Å². The van der Waals surface area contributed by atoms with Crippen LogP contribution < -0.4 is 5.32 Å². The van der Waals surface area contributed by atoms with Gasteiger partial charge in [0.15, 0.2) is 0 Å². The SMILES string of the molecule is C=C(Br)CNC1CCOC(C)(C)C1. The maximum Gasteiger partial charge on any atom is 0.0641 e. The van der Waals surface area contributed by atoms with Crippen LogP contribution in [0.15, 0.2) is 11.1 Å². The number of rotatable bonds is 3. The highest BCUT2D eigenvalue weighted by molar-refractivity contribution is 9.11. The summed E-state index contributed by atoms with van der Waals surface area (Å²) < 4.78 is 6.64. The Hall–Kier alpha value is 0.140. The van der Waals surface area contributed by atoms with Gasteiger partial charge >= 0.3 is 0 Å². The second-order valence-electron chi connectivity index (χ2n) is 4.20. The summed E-state index contributed by atoms with van der Waals surface area (Å²) in [6.07, 6.45) is 2.18. The summed E-state index contributed by atoms with van der Waals surface area (Å²) in [5.41, 5.74) is 0.0313. The normalized spacial score (nSPS) is 27.2. The van der Waals surface area contributed by atoms with Crippen LogP contribution in [0.5, 0.6) is 0 Å². The number of nitrogens with one attached hydrogen (secondary N) is 1. The maximum atomic E-state index is 5.63. The molecule has 1 saturated heterocycles. The lowest BCUT2D eigenvalue weighted by Gasteiger charge is -2.35. The van der Waals surface area contributed by atoms with Gasteiger partial charge in [0.05, 0.1) is 5.60 Å². The largest absolute Gasteiger partial charge is 0.375 e. The zero-order valence-corrected chi connectivity index (χ0v) is 9.99. The zero-order chi connectivity index (χ0) is 9.90. The second kappa shape index (κ2) is 4.58. The van der Waals surface area contributed by atoms with Gasteiger partial charge in [-0.25, -0.2) is 0 Å². The molecule has 1 aliphatic heterocycles. The van der Waals surface area contributed by atoms with Crippen molar-refractivity contribution in [2.45, 2.75) is 38.3 Å². The minimum atomic E-state index is 0.0313. The van der Waals surface area contributed by atoms with Gasteiger partial charge in [-0.1, -0.05) is 22.5 Å². The van der Waals surface area contributed by atoms with Crippen LogP contribution in [0.25, 0.3) is 0 Å². The highest BCUT2D eigenvalue weighted by Gasteiger charge is 2.28. The predicted molar refractivity (Wildman–Crippen MR) is 59.1 cm³/mol. The summed E-state index contributed by atoms with van der Waals surface area (Å²) in [7, 11) is 0. The van der Waals surface area contributed by atoms with E-state index in [0.29, 0.717) is 6.04 Å². The molecule has 1 aliphatic rings. The van der Waals surface area contributed by atoms with Gasteiger partial charge in [0.1, 0.15) is 0 Å². The third kappa shape index (κ3) is 4.25. The molecule has 0 saturated carbocycles. The summed E-state index contributed by atoms with van der Waals surface area (Å²) >= 11 is 3.34. The van der Waals surface area contributed by atoms with Gasteiger partial charge < -0.3 is 10.1 Å². The Morgan fingerprint density at radius 3 is 2.92 bits per heavy atom.